The lowest BCUT2D eigenvalue weighted by Gasteiger charge is -2.33. The van der Waals surface area contributed by atoms with Crippen LogP contribution in [-0.2, 0) is 0 Å². The van der Waals surface area contributed by atoms with Crippen LogP contribution in [0.4, 0.5) is 5.82 Å². The van der Waals surface area contributed by atoms with Crippen LogP contribution in [0.15, 0.2) is 12.3 Å². The molecule has 1 saturated carbocycles. The van der Waals surface area contributed by atoms with Gasteiger partial charge in [0.05, 0.1) is 5.39 Å². The van der Waals surface area contributed by atoms with Crippen molar-refractivity contribution < 1.29 is 0 Å². The van der Waals surface area contributed by atoms with Gasteiger partial charge >= 0.3 is 0 Å². The Hall–Kier alpha value is -1.33. The van der Waals surface area contributed by atoms with Gasteiger partial charge in [0.15, 0.2) is 0 Å². The molecule has 0 spiro atoms. The third-order valence-corrected chi connectivity index (χ3v) is 4.33. The van der Waals surface area contributed by atoms with Crippen LogP contribution in [0.1, 0.15) is 25.7 Å². The van der Waals surface area contributed by atoms with Crippen molar-refractivity contribution in [3.63, 3.8) is 0 Å². The van der Waals surface area contributed by atoms with Crippen LogP contribution in [0.2, 0.25) is 5.28 Å². The minimum absolute atomic E-state index is 0.282. The second-order valence-electron chi connectivity index (χ2n) is 5.69. The SMILES string of the molecule is CN(C)C1CCC(Nc2nc(Cl)nc3[nH]ccc23)CC1. The predicted octanol–water partition coefficient (Wildman–Crippen LogP) is 2.90. The monoisotopic (exact) mass is 293 g/mol. The number of aromatic nitrogens is 3. The quantitative estimate of drug-likeness (QED) is 0.855. The summed E-state index contributed by atoms with van der Waals surface area (Å²) in [5.41, 5.74) is 0.787. The van der Waals surface area contributed by atoms with Gasteiger partial charge in [0.2, 0.25) is 5.28 Å². The van der Waals surface area contributed by atoms with Crippen molar-refractivity contribution in [1.82, 2.24) is 19.9 Å². The number of nitrogens with one attached hydrogen (secondary N) is 2. The van der Waals surface area contributed by atoms with Crippen molar-refractivity contribution >= 4 is 28.5 Å². The number of halogens is 1. The first kappa shape index (κ1) is 13.6. The zero-order valence-corrected chi connectivity index (χ0v) is 12.6. The minimum atomic E-state index is 0.282. The molecule has 1 fully saturated rings. The maximum absolute atomic E-state index is 5.97. The van der Waals surface area contributed by atoms with Crippen molar-refractivity contribution in [3.8, 4) is 0 Å². The topological polar surface area (TPSA) is 56.8 Å². The van der Waals surface area contributed by atoms with Crippen LogP contribution < -0.4 is 5.32 Å². The highest BCUT2D eigenvalue weighted by atomic mass is 35.5. The van der Waals surface area contributed by atoms with E-state index in [1.165, 1.54) is 12.8 Å². The normalized spacial score (nSPS) is 23.4. The molecule has 20 heavy (non-hydrogen) atoms. The summed E-state index contributed by atoms with van der Waals surface area (Å²) in [6.07, 6.45) is 6.64. The van der Waals surface area contributed by atoms with Crippen molar-refractivity contribution in [1.29, 1.82) is 0 Å². The van der Waals surface area contributed by atoms with Gasteiger partial charge in [0, 0.05) is 18.3 Å². The van der Waals surface area contributed by atoms with Gasteiger partial charge in [-0.1, -0.05) is 0 Å². The summed E-state index contributed by atoms with van der Waals surface area (Å²) < 4.78 is 0. The van der Waals surface area contributed by atoms with Gasteiger partial charge in [-0.15, -0.1) is 0 Å². The summed E-state index contributed by atoms with van der Waals surface area (Å²) in [5.74, 6) is 0.842. The zero-order valence-electron chi connectivity index (χ0n) is 11.9. The Balaban J connectivity index is 1.73. The number of hydrogen-bond donors (Lipinski definition) is 2. The fourth-order valence-electron chi connectivity index (χ4n) is 2.95. The first-order valence-electron chi connectivity index (χ1n) is 7.07. The second kappa shape index (κ2) is 5.58. The van der Waals surface area contributed by atoms with Crippen LogP contribution in [-0.4, -0.2) is 46.0 Å². The fourth-order valence-corrected chi connectivity index (χ4v) is 3.12. The van der Waals surface area contributed by atoms with Gasteiger partial charge in [-0.2, -0.15) is 4.98 Å². The Labute approximate surface area is 123 Å². The van der Waals surface area contributed by atoms with Crippen molar-refractivity contribution in [2.45, 2.75) is 37.8 Å². The molecule has 5 nitrogen and oxygen atoms in total. The third kappa shape index (κ3) is 2.74. The first-order valence-corrected chi connectivity index (χ1v) is 7.45. The number of rotatable bonds is 3. The Bertz CT molecular complexity index is 586. The summed E-state index contributed by atoms with van der Waals surface area (Å²) in [4.78, 5) is 13.9. The molecule has 2 N–H and O–H groups in total. The number of anilines is 1. The highest BCUT2D eigenvalue weighted by Gasteiger charge is 2.23. The summed E-state index contributed by atoms with van der Waals surface area (Å²) >= 11 is 5.97. The largest absolute Gasteiger partial charge is 0.367 e. The molecule has 0 aromatic carbocycles. The van der Waals surface area contributed by atoms with Gasteiger partial charge in [0.25, 0.3) is 0 Å². The van der Waals surface area contributed by atoms with E-state index < -0.39 is 0 Å². The van der Waals surface area contributed by atoms with E-state index in [2.05, 4.69) is 39.3 Å². The van der Waals surface area contributed by atoms with Gasteiger partial charge < -0.3 is 15.2 Å². The fraction of sp³-hybridized carbons (Fsp3) is 0.571. The molecule has 0 atom stereocenters. The lowest BCUT2D eigenvalue weighted by atomic mass is 9.90. The second-order valence-corrected chi connectivity index (χ2v) is 6.03. The number of fused-ring (bicyclic) bond motifs is 1. The lowest BCUT2D eigenvalue weighted by Crippen LogP contribution is -2.36. The molecule has 1 aliphatic rings. The van der Waals surface area contributed by atoms with E-state index in [0.717, 1.165) is 29.7 Å². The van der Waals surface area contributed by atoms with E-state index in [-0.39, 0.29) is 5.28 Å². The molecular weight excluding hydrogens is 274 g/mol. The number of aromatic amines is 1. The first-order chi connectivity index (χ1) is 9.63. The van der Waals surface area contributed by atoms with Crippen LogP contribution in [0.25, 0.3) is 11.0 Å². The average molecular weight is 294 g/mol. The molecule has 0 amide bonds. The molecule has 2 aromatic heterocycles. The van der Waals surface area contributed by atoms with E-state index in [4.69, 9.17) is 11.6 Å². The predicted molar refractivity (Wildman–Crippen MR) is 82.3 cm³/mol. The van der Waals surface area contributed by atoms with Crippen molar-refractivity contribution in [2.75, 3.05) is 19.4 Å². The number of nitrogens with zero attached hydrogens (tertiary/aromatic N) is 3. The maximum Gasteiger partial charge on any atom is 0.226 e. The zero-order chi connectivity index (χ0) is 14.1. The molecule has 0 bridgehead atoms. The molecule has 0 aliphatic heterocycles. The summed E-state index contributed by atoms with van der Waals surface area (Å²) in [5, 5.41) is 4.82. The molecular formula is C14H20ClN5. The molecule has 0 unspecified atom stereocenters. The minimum Gasteiger partial charge on any atom is -0.367 e. The molecule has 2 aromatic rings. The van der Waals surface area contributed by atoms with E-state index >= 15 is 0 Å². The van der Waals surface area contributed by atoms with Crippen LogP contribution in [0.5, 0.6) is 0 Å². The van der Waals surface area contributed by atoms with Crippen LogP contribution in [0.3, 0.4) is 0 Å². The molecule has 0 radical (unpaired) electrons. The van der Waals surface area contributed by atoms with Gasteiger partial charge in [0.1, 0.15) is 11.5 Å². The average Bonchev–Trinajstić information content (AvgIpc) is 2.87. The third-order valence-electron chi connectivity index (χ3n) is 4.16. The number of hydrogen-bond acceptors (Lipinski definition) is 4. The van der Waals surface area contributed by atoms with Crippen molar-refractivity contribution in [2.24, 2.45) is 0 Å². The van der Waals surface area contributed by atoms with E-state index in [1.54, 1.807) is 0 Å². The van der Waals surface area contributed by atoms with Crippen LogP contribution in [0, 0.1) is 0 Å². The summed E-state index contributed by atoms with van der Waals surface area (Å²) in [6.45, 7) is 0. The molecule has 3 rings (SSSR count). The lowest BCUT2D eigenvalue weighted by molar-refractivity contribution is 0.221. The van der Waals surface area contributed by atoms with Gasteiger partial charge in [-0.3, -0.25) is 0 Å². The van der Waals surface area contributed by atoms with E-state index in [1.807, 2.05) is 12.3 Å². The molecule has 2 heterocycles. The van der Waals surface area contributed by atoms with Gasteiger partial charge in [-0.25, -0.2) is 4.98 Å². The van der Waals surface area contributed by atoms with E-state index in [0.29, 0.717) is 12.1 Å². The summed E-state index contributed by atoms with van der Waals surface area (Å²) in [7, 11) is 4.32. The highest BCUT2D eigenvalue weighted by Crippen LogP contribution is 2.27. The highest BCUT2D eigenvalue weighted by molar-refractivity contribution is 6.28. The van der Waals surface area contributed by atoms with Gasteiger partial charge in [-0.05, 0) is 57.4 Å². The van der Waals surface area contributed by atoms with E-state index in [9.17, 15) is 0 Å². The maximum atomic E-state index is 5.97. The van der Waals surface area contributed by atoms with Crippen LogP contribution >= 0.6 is 11.6 Å². The molecule has 1 aliphatic carbocycles. The summed E-state index contributed by atoms with van der Waals surface area (Å²) in [6, 6.07) is 3.16. The Morgan fingerprint density at radius 1 is 1.25 bits per heavy atom. The standard InChI is InChI=1S/C14H20ClN5/c1-20(2)10-5-3-9(4-6-10)17-13-11-7-8-16-12(11)18-14(15)19-13/h7-10H,3-6H2,1-2H3,(H2,16,17,18,19). The Morgan fingerprint density at radius 2 is 2.00 bits per heavy atom. The smallest absolute Gasteiger partial charge is 0.226 e. The molecule has 108 valence electrons. The molecule has 0 saturated heterocycles. The Kier molecular flexibility index (Phi) is 3.81. The van der Waals surface area contributed by atoms with Crippen molar-refractivity contribution in [3.05, 3.63) is 17.5 Å². The Morgan fingerprint density at radius 3 is 2.70 bits per heavy atom. The molecule has 6 heteroatoms. The number of H-pyrrole nitrogens is 1.